The van der Waals surface area contributed by atoms with Crippen molar-refractivity contribution in [3.8, 4) is 5.69 Å². The molecule has 100 valence electrons. The van der Waals surface area contributed by atoms with E-state index < -0.39 is 0 Å². The summed E-state index contributed by atoms with van der Waals surface area (Å²) < 4.78 is 1.73. The summed E-state index contributed by atoms with van der Waals surface area (Å²) >= 11 is 6.18. The first-order valence-corrected chi connectivity index (χ1v) is 6.66. The van der Waals surface area contributed by atoms with Gasteiger partial charge in [0.1, 0.15) is 0 Å². The van der Waals surface area contributed by atoms with Crippen molar-refractivity contribution >= 4 is 17.5 Å². The molecule has 0 aliphatic heterocycles. The molecule has 0 aliphatic carbocycles. The minimum atomic E-state index is -0.0994. The SMILES string of the molecule is CCNC(=O)c1cnn(-c2ccccc2Cl)c1CC. The molecule has 0 spiro atoms. The highest BCUT2D eigenvalue weighted by Gasteiger charge is 2.17. The molecule has 0 radical (unpaired) electrons. The Morgan fingerprint density at radius 3 is 2.74 bits per heavy atom. The summed E-state index contributed by atoms with van der Waals surface area (Å²) in [6.07, 6.45) is 2.30. The molecular formula is C14H16ClN3O. The number of carbonyl (C=O) groups excluding carboxylic acids is 1. The first-order valence-electron chi connectivity index (χ1n) is 6.29. The second-order valence-electron chi connectivity index (χ2n) is 4.08. The number of nitrogens with one attached hydrogen (secondary N) is 1. The minimum absolute atomic E-state index is 0.0994. The Bertz CT molecular complexity index is 592. The molecular weight excluding hydrogens is 262 g/mol. The summed E-state index contributed by atoms with van der Waals surface area (Å²) in [6, 6.07) is 7.46. The Morgan fingerprint density at radius 1 is 1.37 bits per heavy atom. The number of amides is 1. The first-order chi connectivity index (χ1) is 9.19. The highest BCUT2D eigenvalue weighted by molar-refractivity contribution is 6.32. The van der Waals surface area contributed by atoms with Crippen molar-refractivity contribution in [2.75, 3.05) is 6.54 Å². The van der Waals surface area contributed by atoms with Gasteiger partial charge >= 0.3 is 0 Å². The zero-order chi connectivity index (χ0) is 13.8. The van der Waals surface area contributed by atoms with Gasteiger partial charge in [0.05, 0.1) is 28.2 Å². The van der Waals surface area contributed by atoms with Gasteiger partial charge in [-0.05, 0) is 25.5 Å². The molecule has 2 aromatic rings. The zero-order valence-electron chi connectivity index (χ0n) is 11.0. The van der Waals surface area contributed by atoms with Gasteiger partial charge in [0.25, 0.3) is 5.91 Å². The van der Waals surface area contributed by atoms with E-state index in [1.54, 1.807) is 10.9 Å². The summed E-state index contributed by atoms with van der Waals surface area (Å²) in [7, 11) is 0. The first kappa shape index (κ1) is 13.6. The topological polar surface area (TPSA) is 46.9 Å². The van der Waals surface area contributed by atoms with E-state index in [4.69, 9.17) is 11.6 Å². The molecule has 1 amide bonds. The minimum Gasteiger partial charge on any atom is -0.352 e. The van der Waals surface area contributed by atoms with Crippen LogP contribution in [0.2, 0.25) is 5.02 Å². The number of aromatic nitrogens is 2. The fourth-order valence-electron chi connectivity index (χ4n) is 1.99. The number of benzene rings is 1. The standard InChI is InChI=1S/C14H16ClN3O/c1-3-12-10(14(19)16-4-2)9-17-18(12)13-8-6-5-7-11(13)15/h5-9H,3-4H2,1-2H3,(H,16,19). The number of nitrogens with zero attached hydrogens (tertiary/aromatic N) is 2. The lowest BCUT2D eigenvalue weighted by molar-refractivity contribution is 0.0955. The summed E-state index contributed by atoms with van der Waals surface area (Å²) in [5.74, 6) is -0.0994. The van der Waals surface area contributed by atoms with E-state index in [0.717, 1.165) is 11.4 Å². The van der Waals surface area contributed by atoms with E-state index in [9.17, 15) is 4.79 Å². The zero-order valence-corrected chi connectivity index (χ0v) is 11.7. The maximum absolute atomic E-state index is 12.0. The molecule has 5 heteroatoms. The molecule has 0 bridgehead atoms. The highest BCUT2D eigenvalue weighted by Crippen LogP contribution is 2.22. The third-order valence-corrected chi connectivity index (χ3v) is 3.19. The van der Waals surface area contributed by atoms with Crippen LogP contribution in [0.1, 0.15) is 29.9 Å². The number of hydrogen-bond acceptors (Lipinski definition) is 2. The molecule has 4 nitrogen and oxygen atoms in total. The molecule has 2 rings (SSSR count). The molecule has 0 fully saturated rings. The maximum Gasteiger partial charge on any atom is 0.254 e. The number of carbonyl (C=O) groups is 1. The van der Waals surface area contributed by atoms with Gasteiger partial charge in [0.15, 0.2) is 0 Å². The van der Waals surface area contributed by atoms with Crippen molar-refractivity contribution in [2.45, 2.75) is 20.3 Å². The number of hydrogen-bond donors (Lipinski definition) is 1. The predicted molar refractivity (Wildman–Crippen MR) is 76.0 cm³/mol. The van der Waals surface area contributed by atoms with E-state index >= 15 is 0 Å². The molecule has 0 saturated carbocycles. The quantitative estimate of drug-likeness (QED) is 0.934. The van der Waals surface area contributed by atoms with Gasteiger partial charge in [-0.2, -0.15) is 5.10 Å². The summed E-state index contributed by atoms with van der Waals surface area (Å²) in [4.78, 5) is 12.0. The van der Waals surface area contributed by atoms with E-state index in [2.05, 4.69) is 10.4 Å². The van der Waals surface area contributed by atoms with Crippen LogP contribution in [-0.4, -0.2) is 22.2 Å². The lowest BCUT2D eigenvalue weighted by Crippen LogP contribution is -2.23. The third kappa shape index (κ3) is 2.63. The van der Waals surface area contributed by atoms with Crippen LogP contribution >= 0.6 is 11.6 Å². The van der Waals surface area contributed by atoms with Gasteiger partial charge in [0.2, 0.25) is 0 Å². The van der Waals surface area contributed by atoms with Gasteiger partial charge in [-0.1, -0.05) is 30.7 Å². The van der Waals surface area contributed by atoms with Crippen molar-refractivity contribution in [1.82, 2.24) is 15.1 Å². The van der Waals surface area contributed by atoms with Crippen LogP contribution in [0.3, 0.4) is 0 Å². The lowest BCUT2D eigenvalue weighted by atomic mass is 10.2. The Hall–Kier alpha value is -1.81. The Morgan fingerprint density at radius 2 is 2.11 bits per heavy atom. The molecule has 0 atom stereocenters. The molecule has 0 aliphatic rings. The Kier molecular flexibility index (Phi) is 4.22. The van der Waals surface area contributed by atoms with E-state index in [1.165, 1.54) is 0 Å². The van der Waals surface area contributed by atoms with E-state index in [1.807, 2.05) is 38.1 Å². The largest absolute Gasteiger partial charge is 0.352 e. The van der Waals surface area contributed by atoms with Gasteiger partial charge in [-0.3, -0.25) is 4.79 Å². The van der Waals surface area contributed by atoms with Gasteiger partial charge in [-0.25, -0.2) is 4.68 Å². The Labute approximate surface area is 117 Å². The van der Waals surface area contributed by atoms with Crippen LogP contribution in [0.25, 0.3) is 5.69 Å². The van der Waals surface area contributed by atoms with Crippen LogP contribution in [0.15, 0.2) is 30.5 Å². The van der Waals surface area contributed by atoms with Crippen LogP contribution in [0, 0.1) is 0 Å². The third-order valence-electron chi connectivity index (χ3n) is 2.87. The van der Waals surface area contributed by atoms with Crippen LogP contribution in [0.4, 0.5) is 0 Å². The van der Waals surface area contributed by atoms with Crippen molar-refractivity contribution in [1.29, 1.82) is 0 Å². The van der Waals surface area contributed by atoms with E-state index in [-0.39, 0.29) is 5.91 Å². The van der Waals surface area contributed by atoms with Gasteiger partial charge in [-0.15, -0.1) is 0 Å². The summed E-state index contributed by atoms with van der Waals surface area (Å²) in [6.45, 7) is 4.48. The monoisotopic (exact) mass is 277 g/mol. The fourth-order valence-corrected chi connectivity index (χ4v) is 2.21. The molecule has 1 N–H and O–H groups in total. The second-order valence-corrected chi connectivity index (χ2v) is 4.49. The Balaban J connectivity index is 2.49. The smallest absolute Gasteiger partial charge is 0.254 e. The molecule has 1 aromatic heterocycles. The van der Waals surface area contributed by atoms with Crippen molar-refractivity contribution in [2.24, 2.45) is 0 Å². The number of rotatable bonds is 4. The number of halogens is 1. The second kappa shape index (κ2) is 5.89. The summed E-state index contributed by atoms with van der Waals surface area (Å²) in [5.41, 5.74) is 2.25. The van der Waals surface area contributed by atoms with Crippen molar-refractivity contribution < 1.29 is 4.79 Å². The number of para-hydroxylation sites is 1. The molecule has 19 heavy (non-hydrogen) atoms. The van der Waals surface area contributed by atoms with Crippen LogP contribution < -0.4 is 5.32 Å². The average Bonchev–Trinajstić information content (AvgIpc) is 2.83. The van der Waals surface area contributed by atoms with Gasteiger partial charge in [0, 0.05) is 6.54 Å². The normalized spacial score (nSPS) is 10.5. The fraction of sp³-hybridized carbons (Fsp3) is 0.286. The molecule has 1 aromatic carbocycles. The maximum atomic E-state index is 12.0. The highest BCUT2D eigenvalue weighted by atomic mass is 35.5. The van der Waals surface area contributed by atoms with Crippen LogP contribution in [-0.2, 0) is 6.42 Å². The molecule has 1 heterocycles. The lowest BCUT2D eigenvalue weighted by Gasteiger charge is -2.09. The molecule has 0 unspecified atom stereocenters. The summed E-state index contributed by atoms with van der Waals surface area (Å²) in [5, 5.41) is 7.70. The van der Waals surface area contributed by atoms with Crippen molar-refractivity contribution in [3.63, 3.8) is 0 Å². The predicted octanol–water partition coefficient (Wildman–Crippen LogP) is 2.84. The van der Waals surface area contributed by atoms with Gasteiger partial charge < -0.3 is 5.32 Å². The molecule has 0 saturated heterocycles. The van der Waals surface area contributed by atoms with Crippen LogP contribution in [0.5, 0.6) is 0 Å². The average molecular weight is 278 g/mol. The van der Waals surface area contributed by atoms with E-state index in [0.29, 0.717) is 23.6 Å². The van der Waals surface area contributed by atoms with Crippen molar-refractivity contribution in [3.05, 3.63) is 46.7 Å².